The van der Waals surface area contributed by atoms with E-state index < -0.39 is 11.7 Å². The maximum Gasteiger partial charge on any atom is 0.334 e. The number of nitrogens with zero attached hydrogens (tertiary/aromatic N) is 3. The molecule has 0 aliphatic heterocycles. The molecular weight excluding hydrogens is 362 g/mol. The molecule has 0 spiro atoms. The first-order chi connectivity index (χ1) is 13.2. The minimum Gasteiger partial charge on any atom is -0.493 e. The number of carbonyl (C=O) groups excluding carboxylic acids is 1. The number of allylic oxidation sites excluding steroid dienone is 2. The van der Waals surface area contributed by atoms with Crippen LogP contribution in [0.25, 0.3) is 0 Å². The fraction of sp³-hybridized carbons (Fsp3) is 0.450. The fourth-order valence-corrected chi connectivity index (χ4v) is 3.05. The summed E-state index contributed by atoms with van der Waals surface area (Å²) in [5.74, 6) is 1.19. The summed E-state index contributed by atoms with van der Waals surface area (Å²) >= 11 is 0. The van der Waals surface area contributed by atoms with E-state index in [0.717, 1.165) is 14.7 Å². The zero-order chi connectivity index (χ0) is 20.9. The fourth-order valence-electron chi connectivity index (χ4n) is 3.05. The van der Waals surface area contributed by atoms with Crippen LogP contribution in [0.4, 0.5) is 0 Å². The van der Waals surface area contributed by atoms with Gasteiger partial charge in [0.25, 0.3) is 0 Å². The first-order valence-corrected chi connectivity index (χ1v) is 8.77. The third-order valence-corrected chi connectivity index (χ3v) is 4.75. The summed E-state index contributed by atoms with van der Waals surface area (Å²) in [7, 11) is 0. The van der Waals surface area contributed by atoms with Crippen molar-refractivity contribution in [3.63, 3.8) is 0 Å². The molecule has 0 saturated heterocycles. The third kappa shape index (κ3) is 4.55. The molecule has 0 radical (unpaired) electrons. The highest BCUT2D eigenvalue weighted by atomic mass is 16.6. The van der Waals surface area contributed by atoms with Gasteiger partial charge in [-0.1, -0.05) is 43.7 Å². The highest BCUT2D eigenvalue weighted by Gasteiger charge is 2.61. The van der Waals surface area contributed by atoms with Crippen LogP contribution in [0.2, 0.25) is 0 Å². The van der Waals surface area contributed by atoms with Crippen molar-refractivity contribution in [3.8, 4) is 18.2 Å². The lowest BCUT2D eigenvalue weighted by molar-refractivity contribution is -0.150. The van der Waals surface area contributed by atoms with Gasteiger partial charge in [-0.25, -0.2) is 9.36 Å². The monoisotopic (exact) mass is 387 g/mol. The van der Waals surface area contributed by atoms with Gasteiger partial charge in [-0.2, -0.15) is 0 Å². The van der Waals surface area contributed by atoms with Crippen molar-refractivity contribution in [2.24, 2.45) is 22.4 Å². The Bertz CT molecular complexity index is 898. The standard InChI is InChI=1S/C20H25N3O5/c1-6-8-22-12-16(24)23(19(22)26)13-27-18(25)17-15(20(17,4)5)10-14(3)11-21-28-9-7-2/h1,7,10-12,15,17,24H,2,8-9,13H2,3-5H3. The third-order valence-electron chi connectivity index (χ3n) is 4.75. The minimum absolute atomic E-state index is 0.0210. The number of aromatic hydroxyl groups is 1. The molecule has 1 N–H and O–H groups in total. The molecule has 8 nitrogen and oxygen atoms in total. The molecule has 1 saturated carbocycles. The number of hydrogen-bond acceptors (Lipinski definition) is 6. The van der Waals surface area contributed by atoms with Gasteiger partial charge in [-0.05, 0) is 23.8 Å². The maximum atomic E-state index is 12.5. The molecule has 1 aliphatic rings. The van der Waals surface area contributed by atoms with Crippen LogP contribution in [0.15, 0.2) is 40.5 Å². The van der Waals surface area contributed by atoms with Crippen molar-refractivity contribution in [1.82, 2.24) is 9.13 Å². The van der Waals surface area contributed by atoms with Crippen molar-refractivity contribution >= 4 is 12.2 Å². The van der Waals surface area contributed by atoms with Gasteiger partial charge < -0.3 is 14.7 Å². The van der Waals surface area contributed by atoms with Crippen LogP contribution in [-0.4, -0.2) is 33.0 Å². The van der Waals surface area contributed by atoms with E-state index in [2.05, 4.69) is 17.7 Å². The summed E-state index contributed by atoms with van der Waals surface area (Å²) in [6.07, 6.45) is 11.5. The Morgan fingerprint density at radius 3 is 2.89 bits per heavy atom. The summed E-state index contributed by atoms with van der Waals surface area (Å²) in [6.45, 7) is 9.29. The summed E-state index contributed by atoms with van der Waals surface area (Å²) in [5.41, 5.74) is 0.0373. The Kier molecular flexibility index (Phi) is 6.52. The van der Waals surface area contributed by atoms with E-state index in [0.29, 0.717) is 6.61 Å². The molecule has 2 rings (SSSR count). The molecule has 1 aliphatic carbocycles. The number of aromatic nitrogens is 2. The van der Waals surface area contributed by atoms with Gasteiger partial charge in [0.2, 0.25) is 5.88 Å². The number of hydrogen-bond donors (Lipinski definition) is 1. The molecule has 1 aromatic rings. The lowest BCUT2D eigenvalue weighted by Gasteiger charge is -2.06. The van der Waals surface area contributed by atoms with E-state index in [-0.39, 0.29) is 36.4 Å². The molecule has 150 valence electrons. The Morgan fingerprint density at radius 1 is 1.54 bits per heavy atom. The number of carbonyl (C=O) groups is 1. The molecule has 0 aromatic carbocycles. The van der Waals surface area contributed by atoms with Gasteiger partial charge in [0.05, 0.1) is 24.9 Å². The second-order valence-corrected chi connectivity index (χ2v) is 7.18. The molecule has 1 aromatic heterocycles. The number of ether oxygens (including phenoxy) is 1. The second-order valence-electron chi connectivity index (χ2n) is 7.18. The van der Waals surface area contributed by atoms with Crippen molar-refractivity contribution in [3.05, 3.63) is 41.0 Å². The van der Waals surface area contributed by atoms with Crippen LogP contribution >= 0.6 is 0 Å². The Hall–Kier alpha value is -3.21. The second kappa shape index (κ2) is 8.65. The largest absolute Gasteiger partial charge is 0.493 e. The predicted octanol–water partition coefficient (Wildman–Crippen LogP) is 1.90. The quantitative estimate of drug-likeness (QED) is 0.174. The molecule has 1 fully saturated rings. The normalized spacial score (nSPS) is 20.6. The van der Waals surface area contributed by atoms with E-state index in [9.17, 15) is 14.7 Å². The molecule has 28 heavy (non-hydrogen) atoms. The van der Waals surface area contributed by atoms with Gasteiger partial charge in [0.1, 0.15) is 6.61 Å². The summed E-state index contributed by atoms with van der Waals surface area (Å²) in [5, 5.41) is 13.6. The zero-order valence-electron chi connectivity index (χ0n) is 16.3. The minimum atomic E-state index is -0.540. The summed E-state index contributed by atoms with van der Waals surface area (Å²) in [6, 6.07) is 0. The van der Waals surface area contributed by atoms with Gasteiger partial charge >= 0.3 is 11.7 Å². The van der Waals surface area contributed by atoms with Gasteiger partial charge in [-0.3, -0.25) is 9.36 Å². The Balaban J connectivity index is 1.99. The topological polar surface area (TPSA) is 95.1 Å². The lowest BCUT2D eigenvalue weighted by Crippen LogP contribution is -2.26. The van der Waals surface area contributed by atoms with Gasteiger partial charge in [0, 0.05) is 0 Å². The number of oxime groups is 1. The number of esters is 1. The summed E-state index contributed by atoms with van der Waals surface area (Å²) in [4.78, 5) is 29.5. The highest BCUT2D eigenvalue weighted by Crippen LogP contribution is 2.59. The van der Waals surface area contributed by atoms with Crippen molar-refractivity contribution < 1.29 is 19.5 Å². The van der Waals surface area contributed by atoms with Crippen LogP contribution in [-0.2, 0) is 27.6 Å². The van der Waals surface area contributed by atoms with Crippen molar-refractivity contribution in [2.45, 2.75) is 34.0 Å². The molecule has 2 atom stereocenters. The molecule has 0 bridgehead atoms. The van der Waals surface area contributed by atoms with Crippen LogP contribution in [0.3, 0.4) is 0 Å². The first-order valence-electron chi connectivity index (χ1n) is 8.77. The first kappa shape index (κ1) is 21.1. The average Bonchev–Trinajstić information content (AvgIpc) is 3.05. The number of rotatable bonds is 9. The Labute approximate surface area is 163 Å². The van der Waals surface area contributed by atoms with Gasteiger partial charge in [0.15, 0.2) is 6.73 Å². The predicted molar refractivity (Wildman–Crippen MR) is 104 cm³/mol. The zero-order valence-corrected chi connectivity index (χ0v) is 16.3. The summed E-state index contributed by atoms with van der Waals surface area (Å²) < 4.78 is 7.37. The maximum absolute atomic E-state index is 12.5. The lowest BCUT2D eigenvalue weighted by atomic mass is 10.1. The molecule has 2 unspecified atom stereocenters. The Morgan fingerprint density at radius 2 is 2.25 bits per heavy atom. The average molecular weight is 387 g/mol. The van der Waals surface area contributed by atoms with E-state index in [4.69, 9.17) is 16.0 Å². The van der Waals surface area contributed by atoms with E-state index >= 15 is 0 Å². The number of terminal acetylenes is 1. The highest BCUT2D eigenvalue weighted by molar-refractivity contribution is 5.81. The van der Waals surface area contributed by atoms with Crippen molar-refractivity contribution in [1.29, 1.82) is 0 Å². The van der Waals surface area contributed by atoms with E-state index in [1.807, 2.05) is 26.8 Å². The molecule has 1 heterocycles. The van der Waals surface area contributed by atoms with Crippen molar-refractivity contribution in [2.75, 3.05) is 6.61 Å². The molecule has 8 heteroatoms. The molecule has 0 amide bonds. The number of imidazole rings is 1. The molecular formula is C20H25N3O5. The smallest absolute Gasteiger partial charge is 0.334 e. The van der Waals surface area contributed by atoms with Crippen LogP contribution in [0.1, 0.15) is 20.8 Å². The van der Waals surface area contributed by atoms with Crippen LogP contribution < -0.4 is 5.69 Å². The van der Waals surface area contributed by atoms with E-state index in [1.165, 1.54) is 6.20 Å². The van der Waals surface area contributed by atoms with Crippen LogP contribution in [0.5, 0.6) is 5.88 Å². The SMILES string of the molecule is C#CCn1cc(O)n(COC(=O)C2C(C=C(C)C=NOCC=C)C2(C)C)c1=O. The van der Waals surface area contributed by atoms with Crippen LogP contribution in [0, 0.1) is 29.6 Å². The van der Waals surface area contributed by atoms with Gasteiger partial charge in [-0.15, -0.1) is 6.42 Å². The van der Waals surface area contributed by atoms with E-state index in [1.54, 1.807) is 12.3 Å².